The number of rotatable bonds is 6. The molecule has 2 heterocycles. The van der Waals surface area contributed by atoms with Crippen molar-refractivity contribution >= 4 is 11.9 Å². The van der Waals surface area contributed by atoms with E-state index < -0.39 is 0 Å². The van der Waals surface area contributed by atoms with Gasteiger partial charge in [0.25, 0.3) is 0 Å². The third-order valence-corrected chi connectivity index (χ3v) is 3.69. The lowest BCUT2D eigenvalue weighted by Crippen LogP contribution is -2.45. The van der Waals surface area contributed by atoms with Gasteiger partial charge in [-0.1, -0.05) is 12.1 Å². The van der Waals surface area contributed by atoms with Crippen LogP contribution in [-0.4, -0.2) is 59.1 Å². The van der Waals surface area contributed by atoms with Crippen LogP contribution >= 0.6 is 0 Å². The van der Waals surface area contributed by atoms with Crippen LogP contribution in [0.5, 0.6) is 0 Å². The van der Waals surface area contributed by atoms with Crippen molar-refractivity contribution in [1.29, 1.82) is 0 Å². The van der Waals surface area contributed by atoms with Gasteiger partial charge in [-0.15, -0.1) is 0 Å². The molecular weight excluding hydrogens is 296 g/mol. The van der Waals surface area contributed by atoms with Crippen LogP contribution < -0.4 is 10.6 Å². The Balaban J connectivity index is 1.83. The summed E-state index contributed by atoms with van der Waals surface area (Å²) in [6.07, 6.45) is 2.12. The smallest absolute Gasteiger partial charge is 0.228 e. The van der Waals surface area contributed by atoms with Crippen molar-refractivity contribution < 1.29 is 9.32 Å². The first-order valence-electron chi connectivity index (χ1n) is 8.24. The lowest BCUT2D eigenvalue weighted by molar-refractivity contribution is -0.129. The summed E-state index contributed by atoms with van der Waals surface area (Å²) in [4.78, 5) is 22.3. The maximum Gasteiger partial charge on any atom is 0.228 e. The summed E-state index contributed by atoms with van der Waals surface area (Å²) in [5.41, 5.74) is 0. The van der Waals surface area contributed by atoms with Gasteiger partial charge in [-0.25, -0.2) is 0 Å². The second-order valence-corrected chi connectivity index (χ2v) is 5.57. The number of likely N-dealkylation sites (tertiary alicyclic amines) is 1. The highest BCUT2D eigenvalue weighted by Gasteiger charge is 2.25. The molecule has 1 aliphatic heterocycles. The molecule has 1 aromatic rings. The lowest BCUT2D eigenvalue weighted by atomic mass is 10.3. The van der Waals surface area contributed by atoms with Gasteiger partial charge in [0, 0.05) is 38.5 Å². The molecule has 2 N–H and O–H groups in total. The number of hydrogen-bond acceptors (Lipinski definition) is 5. The van der Waals surface area contributed by atoms with Gasteiger partial charge in [0.15, 0.2) is 11.8 Å². The number of carbonyl (C=O) groups excluding carboxylic acids is 1. The number of carbonyl (C=O) groups is 1. The second-order valence-electron chi connectivity index (χ2n) is 5.57. The number of aryl methyl sites for hydroxylation is 1. The van der Waals surface area contributed by atoms with Gasteiger partial charge in [0.05, 0.1) is 6.54 Å². The second kappa shape index (κ2) is 8.50. The number of nitrogens with one attached hydrogen (secondary N) is 2. The Kier molecular flexibility index (Phi) is 6.37. The Morgan fingerprint density at radius 2 is 2.30 bits per heavy atom. The highest BCUT2D eigenvalue weighted by molar-refractivity contribution is 5.80. The van der Waals surface area contributed by atoms with Gasteiger partial charge in [-0.2, -0.15) is 4.98 Å². The zero-order chi connectivity index (χ0) is 16.7. The van der Waals surface area contributed by atoms with E-state index in [2.05, 4.69) is 25.8 Å². The molecule has 0 radical (unpaired) electrons. The molecule has 0 aromatic carbocycles. The molecule has 8 nitrogen and oxygen atoms in total. The number of guanidine groups is 1. The maximum atomic E-state index is 11.7. The lowest BCUT2D eigenvalue weighted by Gasteiger charge is -2.18. The van der Waals surface area contributed by atoms with E-state index in [9.17, 15) is 4.79 Å². The summed E-state index contributed by atoms with van der Waals surface area (Å²) in [6.45, 7) is 8.63. The number of hydrogen-bond donors (Lipinski definition) is 2. The Morgan fingerprint density at radius 3 is 2.96 bits per heavy atom. The van der Waals surface area contributed by atoms with Crippen LogP contribution in [0.3, 0.4) is 0 Å². The van der Waals surface area contributed by atoms with Crippen LogP contribution in [0.2, 0.25) is 0 Å². The van der Waals surface area contributed by atoms with Gasteiger partial charge in [-0.3, -0.25) is 9.79 Å². The first kappa shape index (κ1) is 17.2. The van der Waals surface area contributed by atoms with Crippen LogP contribution in [0.1, 0.15) is 38.4 Å². The molecule has 8 heteroatoms. The third-order valence-electron chi connectivity index (χ3n) is 3.69. The van der Waals surface area contributed by atoms with E-state index in [1.165, 1.54) is 0 Å². The van der Waals surface area contributed by atoms with Gasteiger partial charge >= 0.3 is 0 Å². The molecule has 1 amide bonds. The van der Waals surface area contributed by atoms with Crippen molar-refractivity contribution in [3.8, 4) is 0 Å². The normalized spacial score (nSPS) is 18.3. The Morgan fingerprint density at radius 1 is 1.48 bits per heavy atom. The van der Waals surface area contributed by atoms with Crippen molar-refractivity contribution in [3.05, 3.63) is 11.7 Å². The predicted molar refractivity (Wildman–Crippen MR) is 87.1 cm³/mol. The summed E-state index contributed by atoms with van der Waals surface area (Å²) in [7, 11) is 0. The van der Waals surface area contributed by atoms with E-state index in [1.807, 2.05) is 18.7 Å². The van der Waals surface area contributed by atoms with Gasteiger partial charge in [0.1, 0.15) is 0 Å². The molecule has 1 saturated heterocycles. The molecular formula is C15H26N6O2. The first-order valence-corrected chi connectivity index (χ1v) is 8.24. The van der Waals surface area contributed by atoms with Crippen molar-refractivity contribution in [2.75, 3.05) is 26.2 Å². The van der Waals surface area contributed by atoms with E-state index in [0.717, 1.165) is 32.0 Å². The van der Waals surface area contributed by atoms with Crippen molar-refractivity contribution in [1.82, 2.24) is 25.7 Å². The molecule has 0 spiro atoms. The Hall–Kier alpha value is -2.12. The van der Waals surface area contributed by atoms with Crippen LogP contribution in [0.4, 0.5) is 0 Å². The standard InChI is InChI=1S/C15H26N6O2/c1-4-14(22)21-9-7-12(10-21)19-15(16-5-2)17-8-6-13-18-11(3)20-23-13/h12H,4-10H2,1-3H3,(H2,16,17,19). The van der Waals surface area contributed by atoms with E-state index >= 15 is 0 Å². The van der Waals surface area contributed by atoms with E-state index in [4.69, 9.17) is 4.52 Å². The molecule has 23 heavy (non-hydrogen) atoms. The zero-order valence-electron chi connectivity index (χ0n) is 14.1. The zero-order valence-corrected chi connectivity index (χ0v) is 14.1. The summed E-state index contributed by atoms with van der Waals surface area (Å²) >= 11 is 0. The number of aliphatic imine (C=N–C) groups is 1. The van der Waals surface area contributed by atoms with Crippen molar-refractivity contribution in [3.63, 3.8) is 0 Å². The molecule has 0 saturated carbocycles. The monoisotopic (exact) mass is 322 g/mol. The van der Waals surface area contributed by atoms with E-state index in [-0.39, 0.29) is 11.9 Å². The summed E-state index contributed by atoms with van der Waals surface area (Å²) in [6, 6.07) is 0.244. The third kappa shape index (κ3) is 5.22. The van der Waals surface area contributed by atoms with Crippen LogP contribution in [0.15, 0.2) is 9.52 Å². The molecule has 0 bridgehead atoms. The van der Waals surface area contributed by atoms with Crippen molar-refractivity contribution in [2.45, 2.75) is 46.1 Å². The highest BCUT2D eigenvalue weighted by Crippen LogP contribution is 2.10. The molecule has 1 aromatic heterocycles. The number of amides is 1. The average molecular weight is 322 g/mol. The average Bonchev–Trinajstić information content (AvgIpc) is 3.16. The molecule has 2 rings (SSSR count). The first-order chi connectivity index (χ1) is 11.1. The van der Waals surface area contributed by atoms with Crippen LogP contribution in [0.25, 0.3) is 0 Å². The predicted octanol–water partition coefficient (Wildman–Crippen LogP) is 0.487. The van der Waals surface area contributed by atoms with Crippen molar-refractivity contribution in [2.24, 2.45) is 4.99 Å². The van der Waals surface area contributed by atoms with Crippen LogP contribution in [-0.2, 0) is 11.2 Å². The minimum absolute atomic E-state index is 0.211. The fourth-order valence-corrected chi connectivity index (χ4v) is 2.55. The topological polar surface area (TPSA) is 95.7 Å². The molecule has 1 unspecified atom stereocenters. The Bertz CT molecular complexity index is 542. The highest BCUT2D eigenvalue weighted by atomic mass is 16.5. The molecule has 1 aliphatic rings. The summed E-state index contributed by atoms with van der Waals surface area (Å²) in [5.74, 6) is 2.21. The largest absolute Gasteiger partial charge is 0.357 e. The SMILES string of the molecule is CCNC(=NCCc1nc(C)no1)NC1CCN(C(=O)CC)C1. The molecule has 128 valence electrons. The molecule has 1 fully saturated rings. The number of aromatic nitrogens is 2. The minimum atomic E-state index is 0.211. The summed E-state index contributed by atoms with van der Waals surface area (Å²) < 4.78 is 5.08. The quantitative estimate of drug-likeness (QED) is 0.584. The Labute approximate surface area is 136 Å². The van der Waals surface area contributed by atoms with Gasteiger partial charge in [-0.05, 0) is 20.3 Å². The fraction of sp³-hybridized carbons (Fsp3) is 0.733. The maximum absolute atomic E-state index is 11.7. The molecule has 0 aliphatic carbocycles. The minimum Gasteiger partial charge on any atom is -0.357 e. The van der Waals surface area contributed by atoms with E-state index in [1.54, 1.807) is 6.92 Å². The van der Waals surface area contributed by atoms with Crippen LogP contribution in [0, 0.1) is 6.92 Å². The van der Waals surface area contributed by atoms with Gasteiger partial charge < -0.3 is 20.1 Å². The number of nitrogens with zero attached hydrogens (tertiary/aromatic N) is 4. The summed E-state index contributed by atoms with van der Waals surface area (Å²) in [5, 5.41) is 10.4. The fourth-order valence-electron chi connectivity index (χ4n) is 2.55. The van der Waals surface area contributed by atoms with E-state index in [0.29, 0.717) is 31.1 Å². The van der Waals surface area contributed by atoms with Gasteiger partial charge in [0.2, 0.25) is 11.8 Å². The molecule has 1 atom stereocenters.